The predicted molar refractivity (Wildman–Crippen MR) is 362 cm³/mol. The number of aliphatic hydroxyl groups excluding tert-OH is 5. The molecule has 2 aromatic rings. The lowest BCUT2D eigenvalue weighted by Crippen LogP contribution is -3.16. The molecular weight excluding hydrogens is 1530 g/mol. The number of aromatic hydroxyl groups is 3. The van der Waals surface area contributed by atoms with Gasteiger partial charge < -0.3 is 169 Å². The number of phenolic OH excluding ortho intramolecular Hbond substituents is 3. The monoisotopic (exact) mass is 1630 g/mol. The molecule has 11 fully saturated rings. The van der Waals surface area contributed by atoms with Gasteiger partial charge in [-0.2, -0.15) is 0 Å². The Morgan fingerprint density at radius 2 is 1.31 bits per heavy atom. The molecule has 111 heavy (non-hydrogen) atoms. The van der Waals surface area contributed by atoms with Gasteiger partial charge in [0.2, 0.25) is 0 Å². The minimum absolute atomic E-state index is 0.0797. The molecule has 0 amide bonds. The molecule has 0 aromatic heterocycles. The van der Waals surface area contributed by atoms with Gasteiger partial charge >= 0.3 is 17.9 Å². The summed E-state index contributed by atoms with van der Waals surface area (Å²) in [6.45, 7) is 12.9. The Balaban J connectivity index is 0.644. The van der Waals surface area contributed by atoms with E-state index in [9.17, 15) is 60.9 Å². The third-order valence-corrected chi connectivity index (χ3v) is 23.4. The number of hydrogen-bond acceptors (Lipinski definition) is 38. The summed E-state index contributed by atoms with van der Waals surface area (Å²) in [7, 11) is 6.58. The first-order valence-corrected chi connectivity index (χ1v) is 37.2. The van der Waals surface area contributed by atoms with Crippen LogP contribution in [0.5, 0.6) is 23.0 Å². The SMILES string of the molecule is COC[C@H]1O[C@@H](O[C@@H]2OC[C@@H]3O[C@]4(OC[C@@H](OC(=O)c5c(C)cc(O)cc5O)[C@@H]5OCO[C@H]54)O[C@H]3[C@H]2O)[C@@H](OC)[C@@H](O)[C@@H]1O[C@@H]1O[C@H](C)[C@H](OC)[C@H](O[C@@H]2O[C@H](C)[C@H]3O[C@]4(C[C@@H](O)[C@H](O[C@H]5C[C@@H](O[C@H]6C[C@](C)([NH+]([O-])O)[C@@H](OC)[C@H](C)O6)[C@H](OC(=O)c6c(C)c(Cl)c(O)c(Cl)c6OC)[C@@H](C)O5)[C@@H](C)O4)O[C@]3(C)[C@@H]2O)[C@H]1O. The fraction of sp³-hybridized carbons (Fsp3) is 0.800. The minimum atomic E-state index is -2.06. The van der Waals surface area contributed by atoms with Gasteiger partial charge in [0, 0.05) is 40.9 Å². The summed E-state index contributed by atoms with van der Waals surface area (Å²) in [5, 5.41) is 114. The number of ether oxygens (including phenoxy) is 26. The molecule has 0 aliphatic carbocycles. The van der Waals surface area contributed by atoms with Crippen molar-refractivity contribution in [2.45, 2.75) is 295 Å². The van der Waals surface area contributed by atoms with E-state index in [1.165, 1.54) is 69.3 Å². The second-order valence-corrected chi connectivity index (χ2v) is 30.7. The number of carbonyl (C=O) groups is 2. The van der Waals surface area contributed by atoms with E-state index in [0.717, 1.165) is 6.07 Å². The fourth-order valence-electron chi connectivity index (χ4n) is 17.1. The van der Waals surface area contributed by atoms with E-state index in [1.54, 1.807) is 34.6 Å². The maximum Gasteiger partial charge on any atom is 0.342 e. The van der Waals surface area contributed by atoms with Crippen molar-refractivity contribution in [3.05, 3.63) is 49.6 Å². The van der Waals surface area contributed by atoms with Crippen LogP contribution in [0.3, 0.4) is 0 Å². The van der Waals surface area contributed by atoms with Crippen molar-refractivity contribution in [1.82, 2.24) is 0 Å². The number of benzene rings is 2. The lowest BCUT2D eigenvalue weighted by molar-refractivity contribution is -1.09. The highest BCUT2D eigenvalue weighted by Crippen LogP contribution is 2.53. The molecule has 41 heteroatoms. The number of quaternary nitrogens is 1. The molecule has 1 unspecified atom stereocenters. The van der Waals surface area contributed by atoms with E-state index in [4.69, 9.17) is 146 Å². The van der Waals surface area contributed by atoms with Gasteiger partial charge in [-0.15, -0.1) is 0 Å². The van der Waals surface area contributed by atoms with Gasteiger partial charge in [0.1, 0.15) is 138 Å². The number of hydroxylamine groups is 2. The van der Waals surface area contributed by atoms with E-state index < -0.39 is 249 Å². The number of halogens is 2. The Morgan fingerprint density at radius 3 is 1.98 bits per heavy atom. The number of fused-ring (bicyclic) bond motifs is 4. The van der Waals surface area contributed by atoms with E-state index in [1.807, 2.05) is 0 Å². The Morgan fingerprint density at radius 1 is 0.613 bits per heavy atom. The highest BCUT2D eigenvalue weighted by atomic mass is 35.5. The van der Waals surface area contributed by atoms with Crippen LogP contribution in [0.15, 0.2) is 12.1 Å². The van der Waals surface area contributed by atoms with Gasteiger partial charge in [0.15, 0.2) is 73.1 Å². The van der Waals surface area contributed by atoms with Crippen LogP contribution < -0.4 is 9.96 Å². The zero-order chi connectivity index (χ0) is 80.2. The summed E-state index contributed by atoms with van der Waals surface area (Å²) in [6.07, 6.45) is -40.4. The van der Waals surface area contributed by atoms with Crippen molar-refractivity contribution in [2.75, 3.05) is 62.2 Å². The lowest BCUT2D eigenvalue weighted by Gasteiger charge is -2.50. The van der Waals surface area contributed by atoms with Crippen molar-refractivity contribution in [3.63, 3.8) is 0 Å². The molecule has 11 aliphatic rings. The van der Waals surface area contributed by atoms with Crippen molar-refractivity contribution >= 4 is 35.1 Å². The number of carbonyl (C=O) groups excluding carboxylic acids is 2. The number of esters is 2. The average molecular weight is 1630 g/mol. The van der Waals surface area contributed by atoms with Crippen LogP contribution in [0.4, 0.5) is 0 Å². The summed E-state index contributed by atoms with van der Waals surface area (Å²) < 4.78 is 160. The molecule has 626 valence electrons. The quantitative estimate of drug-likeness (QED) is 0.0569. The van der Waals surface area contributed by atoms with Crippen LogP contribution in [0.2, 0.25) is 10.0 Å². The molecule has 36 atom stereocenters. The molecule has 13 rings (SSSR count). The Bertz CT molecular complexity index is 3580. The Hall–Kier alpha value is -4.08. The van der Waals surface area contributed by atoms with Crippen molar-refractivity contribution in [3.8, 4) is 23.0 Å². The van der Waals surface area contributed by atoms with Gasteiger partial charge in [0.05, 0.1) is 81.4 Å². The van der Waals surface area contributed by atoms with E-state index >= 15 is 0 Å². The highest BCUT2D eigenvalue weighted by Gasteiger charge is 2.70. The Kier molecular flexibility index (Phi) is 25.5. The summed E-state index contributed by atoms with van der Waals surface area (Å²) >= 11 is 12.8. The number of hydrogen-bond donors (Lipinski definition) is 10. The number of aliphatic hydroxyl groups is 5. The van der Waals surface area contributed by atoms with Crippen molar-refractivity contribution in [1.29, 1.82) is 0 Å². The zero-order valence-electron chi connectivity index (χ0n) is 63.1. The molecule has 10 N–H and O–H groups in total. The van der Waals surface area contributed by atoms with Gasteiger partial charge in [-0.3, -0.25) is 0 Å². The van der Waals surface area contributed by atoms with Crippen molar-refractivity contribution < 1.29 is 184 Å². The number of phenols is 3. The first kappa shape index (κ1) is 84.8. The second-order valence-electron chi connectivity index (χ2n) is 30.0. The molecule has 11 aliphatic heterocycles. The minimum Gasteiger partial charge on any atom is -0.600 e. The zero-order valence-corrected chi connectivity index (χ0v) is 64.6. The van der Waals surface area contributed by atoms with Gasteiger partial charge in [-0.25, -0.2) is 20.0 Å². The van der Waals surface area contributed by atoms with Crippen LogP contribution in [0.25, 0.3) is 0 Å². The van der Waals surface area contributed by atoms with E-state index in [0.29, 0.717) is 0 Å². The average Bonchev–Trinajstić information content (AvgIpc) is 1.58. The third-order valence-electron chi connectivity index (χ3n) is 22.6. The first-order valence-electron chi connectivity index (χ1n) is 36.4. The first-order chi connectivity index (χ1) is 52.6. The normalized spacial score (nSPS) is 46.0. The van der Waals surface area contributed by atoms with Crippen LogP contribution in [0, 0.1) is 19.1 Å². The fourth-order valence-corrected chi connectivity index (χ4v) is 17.6. The lowest BCUT2D eigenvalue weighted by atomic mass is 9.85. The summed E-state index contributed by atoms with van der Waals surface area (Å²) in [6, 6.07) is 2.29. The van der Waals surface area contributed by atoms with E-state index in [2.05, 4.69) is 0 Å². The highest BCUT2D eigenvalue weighted by molar-refractivity contribution is 6.39. The number of nitrogens with one attached hydrogen (secondary N) is 1. The molecule has 39 nitrogen and oxygen atoms in total. The molecule has 0 saturated carbocycles. The predicted octanol–water partition coefficient (Wildman–Crippen LogP) is -0.243. The number of rotatable bonds is 21. The van der Waals surface area contributed by atoms with Crippen molar-refractivity contribution in [2.24, 2.45) is 0 Å². The number of aryl methyl sites for hydroxylation is 1. The molecule has 2 aromatic carbocycles. The molecular formula is C70H99Cl2NO38. The van der Waals surface area contributed by atoms with Gasteiger partial charge in [-0.05, 0) is 79.5 Å². The van der Waals surface area contributed by atoms with Crippen LogP contribution in [-0.2, 0) is 118 Å². The number of methoxy groups -OCH3 is 5. The third kappa shape index (κ3) is 15.7. The van der Waals surface area contributed by atoms with E-state index in [-0.39, 0.29) is 83.3 Å². The maximum absolute atomic E-state index is 14.3. The summed E-state index contributed by atoms with van der Waals surface area (Å²) in [5.74, 6) is -7.50. The summed E-state index contributed by atoms with van der Waals surface area (Å²) in [5.41, 5.74) is -3.32. The standard InChI is InChI=1S/C70H99Cl2NO38/c1-24-15-31(74)16-32(75)40(24)61(82)100-36-22-94-70(60-53(36)92-23-93-60)108-37-21-91-63(46(79)52(37)109-70)106-65-56(89-13)45(78)51(35(101-65)20-86-10)104-64-47(80)55(50(87-11)27(4)97-64)105-66-57(81)68(9)59(30(7)98-66)110-69(111-68)18-33(76)48(28(5)107-69)102-38-17-34(99-39-19-67(8,73(84)85)58(90-14)29(6)96-39)49(26(3)95-38)103-62(83)41-25(2)42(71)44(77)43(72)54(41)88-12/h15-16,26-30,33-39,45-53,55-60,63-66,73-81,84H,17-23H2,1-14H3/t26-,27-,28-,29+,30-,33-,34-,35-,36-,37+,38+,39+,45+,46-,47-,48-,49-,50+,51-,52-,53+,55-,56+,57-,58+,59-,60-,63+,64+,65+,66+,67+,68-,69-,70+/m1/s1. The Labute approximate surface area is 646 Å². The second kappa shape index (κ2) is 33.4. The maximum atomic E-state index is 14.3. The van der Waals surface area contributed by atoms with Crippen LogP contribution in [0.1, 0.15) is 99.6 Å². The molecule has 0 bridgehead atoms. The molecule has 11 heterocycles. The molecule has 2 spiro atoms. The summed E-state index contributed by atoms with van der Waals surface area (Å²) in [4.78, 5) is 27.6. The van der Waals surface area contributed by atoms with Gasteiger partial charge in [-0.1, -0.05) is 23.2 Å². The largest absolute Gasteiger partial charge is 0.600 e. The van der Waals surface area contributed by atoms with Crippen LogP contribution in [-0.4, -0.2) is 334 Å². The smallest absolute Gasteiger partial charge is 0.342 e. The van der Waals surface area contributed by atoms with Crippen LogP contribution >= 0.6 is 23.2 Å². The van der Waals surface area contributed by atoms with Gasteiger partial charge in [0.25, 0.3) is 5.97 Å². The topological polar surface area (TPSA) is 484 Å². The molecule has 11 saturated heterocycles. The molecule has 0 radical (unpaired) electrons.